The molecule has 9 nitrogen and oxygen atoms in total. The average Bonchev–Trinajstić information content (AvgIpc) is 3.08. The molecule has 10 heteroatoms. The number of carbonyl (C=O) groups is 1. The van der Waals surface area contributed by atoms with Crippen molar-refractivity contribution in [1.29, 1.82) is 0 Å². The van der Waals surface area contributed by atoms with Gasteiger partial charge < -0.3 is 30.1 Å². The smallest absolute Gasteiger partial charge is 0.229 e. The molecule has 1 aromatic heterocycles. The van der Waals surface area contributed by atoms with Crippen LogP contribution in [-0.4, -0.2) is 91.7 Å². The first-order valence-electron chi connectivity index (χ1n) is 12.9. The number of nitrogens with zero attached hydrogens (tertiary/aromatic N) is 5. The minimum absolute atomic E-state index is 0.152. The Morgan fingerprint density at radius 3 is 2.72 bits per heavy atom. The maximum Gasteiger partial charge on any atom is 0.229 e. The van der Waals surface area contributed by atoms with E-state index in [0.29, 0.717) is 62.0 Å². The highest BCUT2D eigenvalue weighted by molar-refractivity contribution is 6.32. The number of piperazine rings is 1. The number of benzene rings is 1. The van der Waals surface area contributed by atoms with Gasteiger partial charge in [-0.3, -0.25) is 4.79 Å². The molecule has 3 heterocycles. The van der Waals surface area contributed by atoms with E-state index in [2.05, 4.69) is 69.5 Å². The van der Waals surface area contributed by atoms with Crippen LogP contribution in [0.15, 0.2) is 24.4 Å². The molecule has 2 aliphatic rings. The molecular formula is C26H38ClN7O2. The van der Waals surface area contributed by atoms with E-state index in [1.807, 2.05) is 4.90 Å². The van der Waals surface area contributed by atoms with Crippen LogP contribution < -0.4 is 15.5 Å². The van der Waals surface area contributed by atoms with E-state index in [-0.39, 0.29) is 5.91 Å². The lowest BCUT2D eigenvalue weighted by Crippen LogP contribution is -2.44. The van der Waals surface area contributed by atoms with Crippen molar-refractivity contribution in [3.63, 3.8) is 0 Å². The van der Waals surface area contributed by atoms with Gasteiger partial charge in [0, 0.05) is 57.2 Å². The third kappa shape index (κ3) is 6.99. The summed E-state index contributed by atoms with van der Waals surface area (Å²) in [6.45, 7) is 11.7. The van der Waals surface area contributed by atoms with Crippen LogP contribution in [0, 0.1) is 0 Å². The fourth-order valence-corrected chi connectivity index (χ4v) is 4.66. The number of anilines is 4. The summed E-state index contributed by atoms with van der Waals surface area (Å²) >= 11 is 6.37. The molecule has 0 radical (unpaired) electrons. The molecule has 0 spiro atoms. The summed E-state index contributed by atoms with van der Waals surface area (Å²) in [5.74, 6) is 1.58. The molecule has 2 fully saturated rings. The van der Waals surface area contributed by atoms with E-state index in [4.69, 9.17) is 16.3 Å². The van der Waals surface area contributed by atoms with Crippen LogP contribution in [0.1, 0.15) is 38.2 Å². The van der Waals surface area contributed by atoms with Crippen molar-refractivity contribution in [2.45, 2.75) is 32.6 Å². The van der Waals surface area contributed by atoms with Crippen LogP contribution in [0.25, 0.3) is 0 Å². The van der Waals surface area contributed by atoms with E-state index in [0.717, 1.165) is 38.3 Å². The highest BCUT2D eigenvalue weighted by Crippen LogP contribution is 2.31. The molecular weight excluding hydrogens is 478 g/mol. The van der Waals surface area contributed by atoms with Crippen molar-refractivity contribution in [1.82, 2.24) is 19.8 Å². The van der Waals surface area contributed by atoms with E-state index < -0.39 is 0 Å². The number of ether oxygens (including phenoxy) is 1. The standard InChI is InChI=1S/C26H38ClN7O2/c1-19(2)21-17-20(33-12-10-32(3)11-13-33)5-6-23(21)30-26-29-18-22(27)25(31-26)28-8-4-9-34-14-16-36-15-7-24(34)35/h5-6,17-19H,4,7-16H2,1-3H3,(H2,28,29,30,31). The van der Waals surface area contributed by atoms with Crippen LogP contribution >= 0.6 is 11.6 Å². The minimum Gasteiger partial charge on any atom is -0.379 e. The number of likely N-dealkylation sites (N-methyl/N-ethyl adjacent to an activating group) is 1. The Morgan fingerprint density at radius 2 is 1.94 bits per heavy atom. The zero-order valence-electron chi connectivity index (χ0n) is 21.6. The van der Waals surface area contributed by atoms with Crippen molar-refractivity contribution in [2.24, 2.45) is 0 Å². The zero-order chi connectivity index (χ0) is 25.5. The number of halogens is 1. The SMILES string of the molecule is CC(C)c1cc(N2CCN(C)CC2)ccc1Nc1ncc(Cl)c(NCCCN2CCOCCC2=O)n1. The molecule has 0 atom stereocenters. The maximum atomic E-state index is 12.1. The molecule has 1 aromatic carbocycles. The zero-order valence-corrected chi connectivity index (χ0v) is 22.4. The lowest BCUT2D eigenvalue weighted by atomic mass is 9.99. The molecule has 1 amide bonds. The van der Waals surface area contributed by atoms with Gasteiger partial charge in [0.15, 0.2) is 0 Å². The number of aromatic nitrogens is 2. The van der Waals surface area contributed by atoms with Crippen LogP contribution in [0.2, 0.25) is 5.02 Å². The molecule has 0 unspecified atom stereocenters. The van der Waals surface area contributed by atoms with Crippen molar-refractivity contribution >= 4 is 40.6 Å². The summed E-state index contributed by atoms with van der Waals surface area (Å²) in [6.07, 6.45) is 2.86. The van der Waals surface area contributed by atoms with Crippen LogP contribution in [0.3, 0.4) is 0 Å². The van der Waals surface area contributed by atoms with Gasteiger partial charge in [0.25, 0.3) is 0 Å². The van der Waals surface area contributed by atoms with Gasteiger partial charge in [-0.15, -0.1) is 0 Å². The Labute approximate surface area is 219 Å². The van der Waals surface area contributed by atoms with Gasteiger partial charge in [0.1, 0.15) is 10.8 Å². The number of hydrogen-bond donors (Lipinski definition) is 2. The molecule has 2 aromatic rings. The number of nitrogens with one attached hydrogen (secondary N) is 2. The van der Waals surface area contributed by atoms with E-state index in [1.54, 1.807) is 6.20 Å². The van der Waals surface area contributed by atoms with Gasteiger partial charge in [0.2, 0.25) is 11.9 Å². The van der Waals surface area contributed by atoms with E-state index >= 15 is 0 Å². The fraction of sp³-hybridized carbons (Fsp3) is 0.577. The monoisotopic (exact) mass is 515 g/mol. The second-order valence-corrected chi connectivity index (χ2v) is 10.2. The quantitative estimate of drug-likeness (QED) is 0.488. The molecule has 4 rings (SSSR count). The highest BCUT2D eigenvalue weighted by atomic mass is 35.5. The molecule has 196 valence electrons. The Balaban J connectivity index is 1.38. The molecule has 2 aliphatic heterocycles. The second kappa shape index (κ2) is 12.6. The van der Waals surface area contributed by atoms with E-state index in [1.165, 1.54) is 11.3 Å². The summed E-state index contributed by atoms with van der Waals surface area (Å²) in [7, 11) is 2.17. The normalized spacial score (nSPS) is 17.4. The fourth-order valence-electron chi connectivity index (χ4n) is 4.51. The lowest BCUT2D eigenvalue weighted by molar-refractivity contribution is -0.130. The Hall–Kier alpha value is -2.62. The van der Waals surface area contributed by atoms with Gasteiger partial charge >= 0.3 is 0 Å². The topological polar surface area (TPSA) is 85.9 Å². The second-order valence-electron chi connectivity index (χ2n) is 9.76. The van der Waals surface area contributed by atoms with Crippen molar-refractivity contribution in [3.8, 4) is 0 Å². The Bertz CT molecular complexity index is 1030. The number of amides is 1. The third-order valence-electron chi connectivity index (χ3n) is 6.73. The van der Waals surface area contributed by atoms with Gasteiger partial charge in [-0.05, 0) is 43.1 Å². The first-order chi connectivity index (χ1) is 17.4. The summed E-state index contributed by atoms with van der Waals surface area (Å²) in [5.41, 5.74) is 3.48. The summed E-state index contributed by atoms with van der Waals surface area (Å²) in [4.78, 5) is 27.8. The first-order valence-corrected chi connectivity index (χ1v) is 13.2. The van der Waals surface area contributed by atoms with Crippen LogP contribution in [0.4, 0.5) is 23.1 Å². The summed E-state index contributed by atoms with van der Waals surface area (Å²) < 4.78 is 5.39. The lowest BCUT2D eigenvalue weighted by Gasteiger charge is -2.34. The maximum absolute atomic E-state index is 12.1. The number of hydrogen-bond acceptors (Lipinski definition) is 8. The molecule has 2 saturated heterocycles. The molecule has 36 heavy (non-hydrogen) atoms. The summed E-state index contributed by atoms with van der Waals surface area (Å²) in [5, 5.41) is 7.17. The number of rotatable bonds is 9. The van der Waals surface area contributed by atoms with Crippen LogP contribution in [0.5, 0.6) is 0 Å². The van der Waals surface area contributed by atoms with Gasteiger partial charge in [-0.1, -0.05) is 25.4 Å². The van der Waals surface area contributed by atoms with Crippen molar-refractivity contribution in [3.05, 3.63) is 35.0 Å². The van der Waals surface area contributed by atoms with Gasteiger partial charge in [-0.25, -0.2) is 4.98 Å². The predicted octanol–water partition coefficient (Wildman–Crippen LogP) is 3.80. The highest BCUT2D eigenvalue weighted by Gasteiger charge is 2.18. The largest absolute Gasteiger partial charge is 0.379 e. The Morgan fingerprint density at radius 1 is 1.14 bits per heavy atom. The molecule has 2 N–H and O–H groups in total. The molecule has 0 bridgehead atoms. The van der Waals surface area contributed by atoms with E-state index in [9.17, 15) is 4.79 Å². The summed E-state index contributed by atoms with van der Waals surface area (Å²) in [6, 6.07) is 6.57. The Kier molecular flexibility index (Phi) is 9.23. The first kappa shape index (κ1) is 26.4. The molecule has 0 aliphatic carbocycles. The van der Waals surface area contributed by atoms with Crippen LogP contribution in [-0.2, 0) is 9.53 Å². The third-order valence-corrected chi connectivity index (χ3v) is 7.01. The minimum atomic E-state index is 0.152. The van der Waals surface area contributed by atoms with Crippen molar-refractivity contribution < 1.29 is 9.53 Å². The van der Waals surface area contributed by atoms with Crippen molar-refractivity contribution in [2.75, 3.05) is 81.6 Å². The number of carbonyl (C=O) groups excluding carboxylic acids is 1. The average molecular weight is 516 g/mol. The van der Waals surface area contributed by atoms with Gasteiger partial charge in [0.05, 0.1) is 25.8 Å². The van der Waals surface area contributed by atoms with Gasteiger partial charge in [-0.2, -0.15) is 4.98 Å². The molecule has 0 saturated carbocycles. The predicted molar refractivity (Wildman–Crippen MR) is 146 cm³/mol.